The molecule has 0 aliphatic heterocycles. The Labute approximate surface area is 428 Å². The molecule has 73 heavy (non-hydrogen) atoms. The van der Waals surface area contributed by atoms with Gasteiger partial charge in [0.2, 0.25) is 0 Å². The average molecular weight is 950 g/mol. The van der Waals surface area contributed by atoms with Gasteiger partial charge in [-0.1, -0.05) is 213 Å². The Morgan fingerprint density at radius 2 is 1.01 bits per heavy atom. The van der Waals surface area contributed by atoms with E-state index in [9.17, 15) is 0 Å². The molecule has 1 unspecified atom stereocenters. The molecular formula is C70H47NOS. The Bertz CT molecular complexity index is 4380. The third-order valence-electron chi connectivity index (χ3n) is 15.3. The normalized spacial score (nSPS) is 14.6. The van der Waals surface area contributed by atoms with E-state index in [1.165, 1.54) is 75.3 Å². The number of furan rings is 1. The Balaban J connectivity index is 0.911. The van der Waals surface area contributed by atoms with E-state index in [1.807, 2.05) is 17.4 Å². The zero-order chi connectivity index (χ0) is 48.6. The summed E-state index contributed by atoms with van der Waals surface area (Å²) < 4.78 is 9.62. The third kappa shape index (κ3) is 6.56. The van der Waals surface area contributed by atoms with Gasteiger partial charge in [-0.15, -0.1) is 11.3 Å². The Morgan fingerprint density at radius 1 is 0.452 bits per heavy atom. The summed E-state index contributed by atoms with van der Waals surface area (Å²) in [7, 11) is 0. The number of benzene rings is 11. The first-order valence-electron chi connectivity index (χ1n) is 25.0. The predicted octanol–water partition coefficient (Wildman–Crippen LogP) is 19.9. The number of hydrogen-bond donors (Lipinski definition) is 0. The summed E-state index contributed by atoms with van der Waals surface area (Å²) in [6, 6.07) is 86.5. The summed E-state index contributed by atoms with van der Waals surface area (Å²) in [5.41, 5.74) is 16.3. The predicted molar refractivity (Wildman–Crippen MR) is 312 cm³/mol. The topological polar surface area (TPSA) is 16.4 Å². The van der Waals surface area contributed by atoms with E-state index >= 15 is 0 Å². The van der Waals surface area contributed by atoms with Crippen molar-refractivity contribution in [3.8, 4) is 22.3 Å². The van der Waals surface area contributed by atoms with Crippen LogP contribution in [0.15, 0.2) is 271 Å². The van der Waals surface area contributed by atoms with Gasteiger partial charge in [0.05, 0.1) is 5.41 Å². The molecule has 1 aliphatic carbocycles. The van der Waals surface area contributed by atoms with E-state index in [0.29, 0.717) is 0 Å². The quantitative estimate of drug-likeness (QED) is 0.134. The minimum atomic E-state index is -0.550. The first-order chi connectivity index (χ1) is 36.1. The molecule has 2 nitrogen and oxygen atoms in total. The summed E-state index contributed by atoms with van der Waals surface area (Å²) in [5, 5.41) is 9.59. The lowest BCUT2D eigenvalue weighted by molar-refractivity contribution is 0.674. The number of hydrogen-bond acceptors (Lipinski definition) is 3. The van der Waals surface area contributed by atoms with Crippen molar-refractivity contribution in [2.45, 2.75) is 12.3 Å². The van der Waals surface area contributed by atoms with E-state index in [-0.39, 0.29) is 0 Å². The highest BCUT2D eigenvalue weighted by atomic mass is 32.1. The molecule has 2 heterocycles. The molecule has 0 fully saturated rings. The highest BCUT2D eigenvalue weighted by Crippen LogP contribution is 2.56. The summed E-state index contributed by atoms with van der Waals surface area (Å²) in [6.45, 7) is 6.45. The molecule has 0 saturated heterocycles. The maximum atomic E-state index is 7.00. The Kier molecular flexibility index (Phi) is 10.0. The van der Waals surface area contributed by atoms with Crippen LogP contribution in [0.25, 0.3) is 91.5 Å². The summed E-state index contributed by atoms with van der Waals surface area (Å²) in [6.07, 6.45) is 6.47. The molecule has 344 valence electrons. The zero-order valence-electron chi connectivity index (χ0n) is 40.2. The summed E-state index contributed by atoms with van der Waals surface area (Å²) >= 11 is 1.87. The van der Waals surface area contributed by atoms with Gasteiger partial charge in [-0.2, -0.15) is 0 Å². The lowest BCUT2D eigenvalue weighted by Gasteiger charge is -2.35. The van der Waals surface area contributed by atoms with Crippen LogP contribution in [0.2, 0.25) is 0 Å². The van der Waals surface area contributed by atoms with Crippen molar-refractivity contribution < 1.29 is 4.42 Å². The molecule has 14 rings (SSSR count). The molecule has 11 aromatic carbocycles. The number of rotatable bonds is 9. The van der Waals surface area contributed by atoms with Gasteiger partial charge < -0.3 is 9.32 Å². The minimum Gasteiger partial charge on any atom is -0.455 e. The van der Waals surface area contributed by atoms with Crippen LogP contribution in [-0.2, 0) is 5.41 Å². The highest BCUT2D eigenvalue weighted by Gasteiger charge is 2.46. The fourth-order valence-corrected chi connectivity index (χ4v) is 13.3. The average Bonchev–Trinajstić information content (AvgIpc) is 4.12. The number of fused-ring (bicyclic) bond motifs is 11. The van der Waals surface area contributed by atoms with Gasteiger partial charge in [-0.05, 0) is 122 Å². The Morgan fingerprint density at radius 3 is 1.77 bits per heavy atom. The molecule has 0 radical (unpaired) electrons. The van der Waals surface area contributed by atoms with Crippen LogP contribution in [0.1, 0.15) is 29.2 Å². The van der Waals surface area contributed by atoms with E-state index < -0.39 is 5.41 Å². The summed E-state index contributed by atoms with van der Waals surface area (Å²) in [5.74, 6) is 0. The maximum Gasteiger partial charge on any atom is 0.143 e. The molecule has 0 spiro atoms. The van der Waals surface area contributed by atoms with Crippen molar-refractivity contribution in [2.24, 2.45) is 0 Å². The van der Waals surface area contributed by atoms with Gasteiger partial charge in [-0.3, -0.25) is 0 Å². The molecule has 0 N–H and O–H groups in total. The van der Waals surface area contributed by atoms with Crippen molar-refractivity contribution in [2.75, 3.05) is 4.90 Å². The van der Waals surface area contributed by atoms with Gasteiger partial charge in [0.25, 0.3) is 0 Å². The van der Waals surface area contributed by atoms with Crippen LogP contribution in [0, 0.1) is 0 Å². The van der Waals surface area contributed by atoms with E-state index in [2.05, 4.69) is 267 Å². The number of allylic oxidation sites excluding steroid dienone is 5. The fraction of sp³-hybridized carbons (Fsp3) is 0.0286. The first-order valence-corrected chi connectivity index (χ1v) is 25.9. The molecule has 0 saturated carbocycles. The minimum absolute atomic E-state index is 0.550. The van der Waals surface area contributed by atoms with E-state index in [1.54, 1.807) is 0 Å². The molecule has 0 bridgehead atoms. The van der Waals surface area contributed by atoms with E-state index in [0.717, 1.165) is 61.1 Å². The van der Waals surface area contributed by atoms with Crippen molar-refractivity contribution in [3.05, 3.63) is 289 Å². The Hall–Kier alpha value is -9.02. The standard InChI is InChI=1S/C70H47NOS/c1-3-16-63-54(4-2)58-21-10-12-27-64(58)70(63,49-18-6-5-7-19-49)50-36-42-53(43-37-50)71(52-40-33-47(34-41-52)57-24-15-26-62-59-22-11-13-28-65(59)73-69(57)62)51-38-31-46(32-39-51)56-23-14-25-60-61-44-35-48-30-29-45-17-8-9-20-55(45)66(48)68(61)72-67(56)60/h3-44H,2H2,1H3/b16-3-. The van der Waals surface area contributed by atoms with Gasteiger partial charge in [0.1, 0.15) is 11.2 Å². The molecule has 1 aliphatic rings. The lowest BCUT2D eigenvalue weighted by atomic mass is 9.66. The lowest BCUT2D eigenvalue weighted by Crippen LogP contribution is -2.29. The molecule has 13 aromatic rings. The van der Waals surface area contributed by atoms with Crippen LogP contribution in [0.3, 0.4) is 0 Å². The van der Waals surface area contributed by atoms with Gasteiger partial charge in [0, 0.05) is 59.0 Å². The van der Waals surface area contributed by atoms with Crippen molar-refractivity contribution in [1.82, 2.24) is 0 Å². The fourth-order valence-electron chi connectivity index (χ4n) is 12.0. The number of para-hydroxylation sites is 1. The SMILES string of the molecule is C=CC1=C(/C=C\C)C(c2ccccc2)(c2ccc(N(c3ccc(-c4cccc5c4oc4c5ccc5ccc6ccccc6c54)cc3)c3ccc(-c4cccc5c4sc4ccccc45)cc3)cc2)c2ccccc21. The van der Waals surface area contributed by atoms with Crippen LogP contribution in [0.4, 0.5) is 17.1 Å². The zero-order valence-corrected chi connectivity index (χ0v) is 41.0. The molecule has 1 atom stereocenters. The second-order valence-corrected chi connectivity index (χ2v) is 20.1. The second-order valence-electron chi connectivity index (χ2n) is 19.1. The smallest absolute Gasteiger partial charge is 0.143 e. The highest BCUT2D eigenvalue weighted by molar-refractivity contribution is 7.26. The van der Waals surface area contributed by atoms with Gasteiger partial charge in [0.15, 0.2) is 0 Å². The number of anilines is 3. The van der Waals surface area contributed by atoms with Crippen molar-refractivity contribution in [3.63, 3.8) is 0 Å². The number of thiophene rings is 1. The molecule has 2 aromatic heterocycles. The second kappa shape index (κ2) is 17.1. The third-order valence-corrected chi connectivity index (χ3v) is 16.5. The molecular weight excluding hydrogens is 903 g/mol. The van der Waals surface area contributed by atoms with Gasteiger partial charge in [-0.25, -0.2) is 0 Å². The molecule has 3 heteroatoms. The number of nitrogens with zero attached hydrogens (tertiary/aromatic N) is 1. The van der Waals surface area contributed by atoms with E-state index in [4.69, 9.17) is 4.42 Å². The van der Waals surface area contributed by atoms with Crippen molar-refractivity contribution in [1.29, 1.82) is 0 Å². The van der Waals surface area contributed by atoms with Crippen LogP contribution in [-0.4, -0.2) is 0 Å². The first kappa shape index (κ1) is 42.8. The van der Waals surface area contributed by atoms with Crippen LogP contribution < -0.4 is 4.90 Å². The monoisotopic (exact) mass is 949 g/mol. The maximum absolute atomic E-state index is 7.00. The summed E-state index contributed by atoms with van der Waals surface area (Å²) in [4.78, 5) is 2.38. The largest absolute Gasteiger partial charge is 0.455 e. The van der Waals surface area contributed by atoms with Gasteiger partial charge >= 0.3 is 0 Å². The van der Waals surface area contributed by atoms with Crippen LogP contribution in [0.5, 0.6) is 0 Å². The van der Waals surface area contributed by atoms with Crippen LogP contribution >= 0.6 is 11.3 Å². The molecule has 0 amide bonds. The van der Waals surface area contributed by atoms with Crippen molar-refractivity contribution >= 4 is 97.6 Å².